The SMILES string of the molecule is Cn1nc2ccc(-n3nc(NCC4CCC[C@@H](N)C4)cc3-c3ccc(C#N)c(F)c3)cc2c1Cl. The highest BCUT2D eigenvalue weighted by molar-refractivity contribution is 6.34. The fourth-order valence-corrected chi connectivity index (χ4v) is 4.88. The van der Waals surface area contributed by atoms with Gasteiger partial charge in [-0.1, -0.05) is 24.1 Å². The molecule has 0 spiro atoms. The van der Waals surface area contributed by atoms with Gasteiger partial charge in [0.15, 0.2) is 0 Å². The lowest BCUT2D eigenvalue weighted by Crippen LogP contribution is -2.31. The molecule has 7 nitrogen and oxygen atoms in total. The van der Waals surface area contributed by atoms with E-state index < -0.39 is 5.82 Å². The zero-order valence-corrected chi connectivity index (χ0v) is 19.6. The van der Waals surface area contributed by atoms with E-state index in [1.54, 1.807) is 22.5 Å². The van der Waals surface area contributed by atoms with Gasteiger partial charge >= 0.3 is 0 Å². The summed E-state index contributed by atoms with van der Waals surface area (Å²) in [4.78, 5) is 0. The largest absolute Gasteiger partial charge is 0.368 e. The first-order valence-corrected chi connectivity index (χ1v) is 11.7. The second-order valence-corrected chi connectivity index (χ2v) is 9.28. The van der Waals surface area contributed by atoms with E-state index in [9.17, 15) is 4.39 Å². The Bertz CT molecular complexity index is 1400. The van der Waals surface area contributed by atoms with E-state index in [0.717, 1.165) is 48.8 Å². The number of anilines is 1. The number of hydrogen-bond acceptors (Lipinski definition) is 5. The monoisotopic (exact) mass is 477 g/mol. The van der Waals surface area contributed by atoms with E-state index in [4.69, 9.17) is 27.7 Å². The number of benzene rings is 2. The lowest BCUT2D eigenvalue weighted by atomic mass is 9.86. The summed E-state index contributed by atoms with van der Waals surface area (Å²) in [6.07, 6.45) is 4.37. The third-order valence-electron chi connectivity index (χ3n) is 6.48. The van der Waals surface area contributed by atoms with Gasteiger partial charge in [-0.15, -0.1) is 5.10 Å². The molecule has 2 heterocycles. The molecule has 0 bridgehead atoms. The molecule has 0 saturated heterocycles. The second-order valence-electron chi connectivity index (χ2n) is 8.92. The molecule has 174 valence electrons. The topological polar surface area (TPSA) is 97.5 Å². The van der Waals surface area contributed by atoms with Gasteiger partial charge in [0.1, 0.15) is 22.9 Å². The van der Waals surface area contributed by atoms with Crippen molar-refractivity contribution in [1.82, 2.24) is 19.6 Å². The normalized spacial score (nSPS) is 18.2. The van der Waals surface area contributed by atoms with Gasteiger partial charge in [-0.25, -0.2) is 9.07 Å². The molecule has 1 saturated carbocycles. The Hall–Kier alpha value is -3.41. The minimum Gasteiger partial charge on any atom is -0.368 e. The van der Waals surface area contributed by atoms with Gasteiger partial charge in [0.05, 0.1) is 22.5 Å². The summed E-state index contributed by atoms with van der Waals surface area (Å²) in [5, 5.41) is 23.1. The van der Waals surface area contributed by atoms with E-state index in [2.05, 4.69) is 10.4 Å². The minimum atomic E-state index is -0.566. The number of aryl methyl sites for hydroxylation is 1. The van der Waals surface area contributed by atoms with E-state index in [-0.39, 0.29) is 11.6 Å². The summed E-state index contributed by atoms with van der Waals surface area (Å²) in [6, 6.07) is 14.3. The molecule has 0 aliphatic heterocycles. The molecule has 1 unspecified atom stereocenters. The Labute approximate surface area is 201 Å². The number of nitrogens with two attached hydrogens (primary N) is 1. The quantitative estimate of drug-likeness (QED) is 0.420. The van der Waals surface area contributed by atoms with Crippen molar-refractivity contribution in [2.75, 3.05) is 11.9 Å². The van der Waals surface area contributed by atoms with E-state index in [0.29, 0.717) is 28.1 Å². The number of fused-ring (bicyclic) bond motifs is 1. The molecule has 2 aromatic carbocycles. The summed E-state index contributed by atoms with van der Waals surface area (Å²) in [5.74, 6) is 0.621. The van der Waals surface area contributed by atoms with E-state index in [1.165, 1.54) is 12.1 Å². The van der Waals surface area contributed by atoms with Crippen LogP contribution in [0, 0.1) is 23.1 Å². The van der Waals surface area contributed by atoms with Crippen LogP contribution in [0.25, 0.3) is 27.8 Å². The van der Waals surface area contributed by atoms with Crippen LogP contribution in [0.2, 0.25) is 5.15 Å². The van der Waals surface area contributed by atoms with Gasteiger partial charge in [-0.2, -0.15) is 10.4 Å². The van der Waals surface area contributed by atoms with Crippen LogP contribution < -0.4 is 11.1 Å². The first kappa shape index (κ1) is 22.4. The van der Waals surface area contributed by atoms with Crippen molar-refractivity contribution in [2.45, 2.75) is 31.7 Å². The molecule has 2 atom stereocenters. The standard InChI is InChI=1S/C25H25ClFN7/c1-33-25(26)20-11-19(7-8-22(20)31-33)34-23(16-5-6-17(13-28)21(27)10-16)12-24(32-34)30-14-15-3-2-4-18(29)9-15/h5-8,10-12,15,18H,2-4,9,14,29H2,1H3,(H,30,32)/t15?,18-/m1/s1. The minimum absolute atomic E-state index is 0.00497. The Balaban J connectivity index is 1.54. The summed E-state index contributed by atoms with van der Waals surface area (Å²) >= 11 is 6.43. The number of hydrogen-bond donors (Lipinski definition) is 2. The van der Waals surface area contributed by atoms with Gasteiger partial charge in [0.2, 0.25) is 0 Å². The van der Waals surface area contributed by atoms with Crippen LogP contribution >= 0.6 is 11.6 Å². The molecule has 1 aliphatic carbocycles. The molecule has 3 N–H and O–H groups in total. The second kappa shape index (κ2) is 9.09. The fourth-order valence-electron chi connectivity index (χ4n) is 4.69. The lowest BCUT2D eigenvalue weighted by molar-refractivity contribution is 0.335. The highest BCUT2D eigenvalue weighted by atomic mass is 35.5. The smallest absolute Gasteiger partial charge is 0.149 e. The Morgan fingerprint density at radius 1 is 1.21 bits per heavy atom. The van der Waals surface area contributed by atoms with Crippen LogP contribution in [-0.2, 0) is 7.05 Å². The van der Waals surface area contributed by atoms with Gasteiger partial charge in [0, 0.05) is 36.7 Å². The predicted molar refractivity (Wildman–Crippen MR) is 131 cm³/mol. The highest BCUT2D eigenvalue weighted by Crippen LogP contribution is 2.31. The molecular weight excluding hydrogens is 453 g/mol. The number of nitrogens with one attached hydrogen (secondary N) is 1. The summed E-state index contributed by atoms with van der Waals surface area (Å²) in [7, 11) is 1.79. The predicted octanol–water partition coefficient (Wildman–Crippen LogP) is 5.02. The van der Waals surface area contributed by atoms with Crippen LogP contribution in [-0.4, -0.2) is 32.1 Å². The van der Waals surface area contributed by atoms with Crippen LogP contribution in [0.15, 0.2) is 42.5 Å². The van der Waals surface area contributed by atoms with E-state index >= 15 is 0 Å². The van der Waals surface area contributed by atoms with Gasteiger partial charge in [-0.05, 0) is 55.5 Å². The van der Waals surface area contributed by atoms with Gasteiger partial charge < -0.3 is 11.1 Å². The average Bonchev–Trinajstić information content (AvgIpc) is 3.38. The van der Waals surface area contributed by atoms with Crippen molar-refractivity contribution < 1.29 is 4.39 Å². The molecule has 0 radical (unpaired) electrons. The third-order valence-corrected chi connectivity index (χ3v) is 6.93. The van der Waals surface area contributed by atoms with Crippen LogP contribution in [0.1, 0.15) is 31.2 Å². The maximum absolute atomic E-state index is 14.5. The van der Waals surface area contributed by atoms with Crippen LogP contribution in [0.4, 0.5) is 10.2 Å². The van der Waals surface area contributed by atoms with Crippen molar-refractivity contribution in [3.8, 4) is 23.0 Å². The van der Waals surface area contributed by atoms with Crippen molar-refractivity contribution >= 4 is 28.3 Å². The maximum atomic E-state index is 14.5. The molecular formula is C25H25ClFN7. The lowest BCUT2D eigenvalue weighted by Gasteiger charge is -2.26. The van der Waals surface area contributed by atoms with E-state index in [1.807, 2.05) is 30.3 Å². The number of rotatable bonds is 5. The highest BCUT2D eigenvalue weighted by Gasteiger charge is 2.20. The Kier molecular flexibility index (Phi) is 5.98. The summed E-state index contributed by atoms with van der Waals surface area (Å²) < 4.78 is 17.8. The molecule has 5 rings (SSSR count). The van der Waals surface area contributed by atoms with Crippen molar-refractivity contribution in [3.05, 3.63) is 59.0 Å². The maximum Gasteiger partial charge on any atom is 0.149 e. The molecule has 0 amide bonds. The number of nitrogens with zero attached hydrogens (tertiary/aromatic N) is 5. The Morgan fingerprint density at radius 2 is 2.06 bits per heavy atom. The number of halogens is 2. The van der Waals surface area contributed by atoms with Crippen molar-refractivity contribution in [2.24, 2.45) is 18.7 Å². The summed E-state index contributed by atoms with van der Waals surface area (Å²) in [5.41, 5.74) is 9.02. The molecule has 1 aliphatic rings. The van der Waals surface area contributed by atoms with Crippen LogP contribution in [0.3, 0.4) is 0 Å². The molecule has 2 aromatic heterocycles. The average molecular weight is 478 g/mol. The zero-order valence-electron chi connectivity index (χ0n) is 18.8. The summed E-state index contributed by atoms with van der Waals surface area (Å²) in [6.45, 7) is 0.777. The fraction of sp³-hybridized carbons (Fsp3) is 0.320. The van der Waals surface area contributed by atoms with Gasteiger partial charge in [0.25, 0.3) is 0 Å². The third kappa shape index (κ3) is 4.25. The van der Waals surface area contributed by atoms with Crippen molar-refractivity contribution in [1.29, 1.82) is 5.26 Å². The first-order valence-electron chi connectivity index (χ1n) is 11.3. The molecule has 4 aromatic rings. The molecule has 1 fully saturated rings. The van der Waals surface area contributed by atoms with Crippen LogP contribution in [0.5, 0.6) is 0 Å². The van der Waals surface area contributed by atoms with Crippen molar-refractivity contribution in [3.63, 3.8) is 0 Å². The molecule has 34 heavy (non-hydrogen) atoms. The molecule has 9 heteroatoms. The number of nitriles is 1. The first-order chi connectivity index (χ1) is 16.4. The number of aromatic nitrogens is 4. The van der Waals surface area contributed by atoms with Gasteiger partial charge in [-0.3, -0.25) is 4.68 Å². The Morgan fingerprint density at radius 3 is 2.82 bits per heavy atom. The zero-order chi connectivity index (χ0) is 23.8.